The van der Waals surface area contributed by atoms with Gasteiger partial charge in [0.2, 0.25) is 0 Å². The van der Waals surface area contributed by atoms with Crippen LogP contribution in [0, 0.1) is 11.8 Å². The predicted octanol–water partition coefficient (Wildman–Crippen LogP) is 8.54. The highest BCUT2D eigenvalue weighted by molar-refractivity contribution is 6.99. The van der Waals surface area contributed by atoms with E-state index in [9.17, 15) is 14.7 Å². The summed E-state index contributed by atoms with van der Waals surface area (Å²) >= 11 is 0. The summed E-state index contributed by atoms with van der Waals surface area (Å²) in [6, 6.07) is 20.8. The van der Waals surface area contributed by atoms with Gasteiger partial charge in [-0.15, -0.1) is 5.10 Å². The molecule has 68 heavy (non-hydrogen) atoms. The number of hydrogen-bond acceptors (Lipinski definition) is 11. The number of esters is 1. The minimum Gasteiger partial charge on any atom is -0.458 e. The van der Waals surface area contributed by atoms with Crippen LogP contribution in [0.1, 0.15) is 119 Å². The van der Waals surface area contributed by atoms with E-state index < -0.39 is 44.2 Å². The third-order valence-corrected chi connectivity index (χ3v) is 18.8. The lowest BCUT2D eigenvalue weighted by atomic mass is 9.79. The molecule has 368 valence electrons. The van der Waals surface area contributed by atoms with Crippen LogP contribution < -0.4 is 15.7 Å². The van der Waals surface area contributed by atoms with Crippen LogP contribution >= 0.6 is 0 Å². The summed E-state index contributed by atoms with van der Waals surface area (Å²) < 4.78 is 41.8. The van der Waals surface area contributed by atoms with Crippen LogP contribution in [-0.4, -0.2) is 101 Å². The van der Waals surface area contributed by atoms with Gasteiger partial charge in [-0.1, -0.05) is 131 Å². The van der Waals surface area contributed by atoms with Crippen LogP contribution in [0.15, 0.2) is 109 Å². The summed E-state index contributed by atoms with van der Waals surface area (Å²) in [5, 5.41) is 24.5. The lowest BCUT2D eigenvalue weighted by Crippen LogP contribution is -2.68. The van der Waals surface area contributed by atoms with E-state index in [1.54, 1.807) is 31.5 Å². The Morgan fingerprint density at radius 3 is 2.24 bits per heavy atom. The van der Waals surface area contributed by atoms with E-state index in [1.807, 2.05) is 45.3 Å². The van der Waals surface area contributed by atoms with Gasteiger partial charge < -0.3 is 38.5 Å². The van der Waals surface area contributed by atoms with Gasteiger partial charge in [0, 0.05) is 37.0 Å². The molecule has 3 fully saturated rings. The summed E-state index contributed by atoms with van der Waals surface area (Å²) in [4.78, 5) is 26.3. The van der Waals surface area contributed by atoms with Gasteiger partial charge in [0.1, 0.15) is 23.5 Å². The Balaban J connectivity index is 1.20. The van der Waals surface area contributed by atoms with E-state index in [1.165, 1.54) is 16.4 Å². The van der Waals surface area contributed by atoms with Gasteiger partial charge in [-0.2, -0.15) is 0 Å². The van der Waals surface area contributed by atoms with Gasteiger partial charge in [0.15, 0.2) is 0 Å². The van der Waals surface area contributed by atoms with Crippen molar-refractivity contribution >= 4 is 37.0 Å². The zero-order chi connectivity index (χ0) is 48.8. The van der Waals surface area contributed by atoms with Crippen LogP contribution in [0.5, 0.6) is 0 Å². The van der Waals surface area contributed by atoms with E-state index in [0.29, 0.717) is 38.5 Å². The molecule has 0 saturated carbocycles. The third-order valence-electron chi connectivity index (χ3n) is 13.7. The number of aromatic nitrogens is 3. The smallest absolute Gasteiger partial charge is 0.408 e. The van der Waals surface area contributed by atoms with Crippen LogP contribution in [0.3, 0.4) is 0 Å². The van der Waals surface area contributed by atoms with E-state index in [4.69, 9.17) is 33.2 Å². The second-order valence-electron chi connectivity index (χ2n) is 21.3. The van der Waals surface area contributed by atoms with Crippen molar-refractivity contribution in [3.8, 4) is 0 Å². The molecule has 8 bridgehead atoms. The number of benzene rings is 2. The molecule has 5 heterocycles. The third kappa shape index (κ3) is 12.5. The highest BCUT2D eigenvalue weighted by atomic mass is 28.4. The molecule has 0 radical (unpaired) electrons. The number of ether oxygens (including phenoxy) is 5. The molecule has 0 spiro atoms. The number of nitrogens with zero attached hydrogens (tertiary/aromatic N) is 3. The number of aliphatic hydroxyl groups is 1. The summed E-state index contributed by atoms with van der Waals surface area (Å²) in [5.41, 5.74) is 1.91. The lowest BCUT2D eigenvalue weighted by molar-refractivity contribution is -0.180. The number of alkyl carbamates (subject to hydrolysis) is 1. The maximum absolute atomic E-state index is 13.6. The first-order valence-electron chi connectivity index (χ1n) is 24.5. The van der Waals surface area contributed by atoms with Crippen LogP contribution in [-0.2, 0) is 32.9 Å². The van der Waals surface area contributed by atoms with Gasteiger partial charge in [0.05, 0.1) is 55.5 Å². The molecule has 3 saturated heterocycles. The number of rotatable bonds is 8. The Kier molecular flexibility index (Phi) is 16.5. The Bertz CT molecular complexity index is 2230. The molecule has 3 aromatic rings. The Labute approximate surface area is 404 Å². The molecule has 1 aromatic heterocycles. The number of aliphatic hydroxyl groups excluding tert-OH is 1. The standard InChI is InChI=1S/C54H74N4O9Si/c1-35-27-40-19-17-25-49(60)65-51-37(3)47(64-50(38(51)4)36(2)29-39(34-59)55-52(61)66-53(5,6)7)24-18-26-58-33-46(56-57-58)48-32-43(31-42(63-48)30-41(28-35)62-40)67-68(54(8,9)10,44-20-13-11-14-21-44)45-22-15-12-16-23-45/h11-18,20-23,25-26,29,33,37-43,47-48,50-51,59H,1,19,24,27-28,30-32,34H2,2-10H3,(H,55,61)/b25-17-,26-18-,36-29+/t37-,38-,39+,40-,41+,42+,43+,47+,48+,50-,51-/m0/s1. The second-order valence-corrected chi connectivity index (χ2v) is 25.6. The fraction of sp³-hybridized carbons (Fsp3) is 0.556. The van der Waals surface area contributed by atoms with Gasteiger partial charge >= 0.3 is 12.1 Å². The van der Waals surface area contributed by atoms with Crippen molar-refractivity contribution in [3.63, 3.8) is 0 Å². The normalized spacial score (nSPS) is 30.2. The zero-order valence-electron chi connectivity index (χ0n) is 41.5. The fourth-order valence-corrected chi connectivity index (χ4v) is 15.3. The maximum atomic E-state index is 13.6. The molecule has 4 aliphatic rings. The number of carbonyl (C=O) groups is 2. The van der Waals surface area contributed by atoms with E-state index in [0.717, 1.165) is 23.3 Å². The van der Waals surface area contributed by atoms with Gasteiger partial charge in [0.25, 0.3) is 8.32 Å². The molecule has 4 aliphatic heterocycles. The SMILES string of the molecule is C=C1C[C@@H]2C[C@@H]3C[C@@H](O[Si](c4ccccc4)(c4ccccc4)C(C)(C)C)C[C@@H](O3)c3cn(nn3)/C=C\C[C@H]3O[C@@H](/C(C)=C/[C@H](CO)NC(=O)OC(C)(C)C)[C@H](C)[C@@H](OC(=O)/C=C\C[C@@H](C1)O2)[C@H]3C. The predicted molar refractivity (Wildman–Crippen MR) is 266 cm³/mol. The highest BCUT2D eigenvalue weighted by Crippen LogP contribution is 2.43. The van der Waals surface area contributed by atoms with Crippen molar-refractivity contribution < 1.29 is 42.8 Å². The van der Waals surface area contributed by atoms with Gasteiger partial charge in [-0.25, -0.2) is 14.3 Å². The lowest BCUT2D eigenvalue weighted by Gasteiger charge is -2.47. The van der Waals surface area contributed by atoms with Crippen molar-refractivity contribution in [2.75, 3.05) is 6.61 Å². The van der Waals surface area contributed by atoms with E-state index >= 15 is 0 Å². The van der Waals surface area contributed by atoms with Crippen molar-refractivity contribution in [1.82, 2.24) is 20.3 Å². The molecule has 2 N–H and O–H groups in total. The van der Waals surface area contributed by atoms with Crippen molar-refractivity contribution in [3.05, 3.63) is 115 Å². The van der Waals surface area contributed by atoms with Crippen LogP contribution in [0.2, 0.25) is 5.04 Å². The number of fused-ring (bicyclic) bond motifs is 9. The molecule has 13 nitrogen and oxygen atoms in total. The molecule has 7 rings (SSSR count). The molecule has 2 aromatic carbocycles. The zero-order valence-corrected chi connectivity index (χ0v) is 42.5. The first-order valence-corrected chi connectivity index (χ1v) is 26.4. The summed E-state index contributed by atoms with van der Waals surface area (Å²) in [7, 11) is -2.92. The summed E-state index contributed by atoms with van der Waals surface area (Å²) in [5.74, 6) is -0.879. The Hall–Kier alpha value is -4.70. The number of nitrogens with one attached hydrogen (secondary N) is 1. The van der Waals surface area contributed by atoms with Crippen molar-refractivity contribution in [2.45, 2.75) is 173 Å². The molecule has 11 atom stereocenters. The highest BCUT2D eigenvalue weighted by Gasteiger charge is 2.53. The summed E-state index contributed by atoms with van der Waals surface area (Å²) in [6.07, 6.45) is 12.3. The quantitative estimate of drug-likeness (QED) is 0.127. The number of amides is 1. The van der Waals surface area contributed by atoms with Crippen molar-refractivity contribution in [1.29, 1.82) is 0 Å². The monoisotopic (exact) mass is 951 g/mol. The second kappa shape index (κ2) is 21.9. The molecule has 1 amide bonds. The summed E-state index contributed by atoms with van der Waals surface area (Å²) in [6.45, 7) is 22.3. The van der Waals surface area contributed by atoms with Gasteiger partial charge in [-0.3, -0.25) is 0 Å². The maximum Gasteiger partial charge on any atom is 0.408 e. The number of carbonyl (C=O) groups excluding carboxylic acids is 2. The molecular formula is C54H74N4O9Si. The Morgan fingerprint density at radius 2 is 1.59 bits per heavy atom. The first-order chi connectivity index (χ1) is 32.3. The first kappa shape index (κ1) is 51.2. The average Bonchev–Trinajstić information content (AvgIpc) is 3.75. The van der Waals surface area contributed by atoms with Crippen LogP contribution in [0.25, 0.3) is 6.20 Å². The number of hydrogen-bond donors (Lipinski definition) is 2. The van der Waals surface area contributed by atoms with E-state index in [2.05, 4.69) is 98.5 Å². The minimum absolute atomic E-state index is 0.134. The molecule has 0 aliphatic carbocycles. The largest absolute Gasteiger partial charge is 0.458 e. The van der Waals surface area contributed by atoms with Gasteiger partial charge in [-0.05, 0) is 80.8 Å². The van der Waals surface area contributed by atoms with Crippen LogP contribution in [0.4, 0.5) is 4.79 Å². The Morgan fingerprint density at radius 1 is 0.912 bits per heavy atom. The topological polar surface area (TPSA) is 152 Å². The molecular weight excluding hydrogens is 877 g/mol. The fourth-order valence-electron chi connectivity index (χ4n) is 10.6. The molecule has 0 unspecified atom stereocenters. The molecule has 14 heteroatoms. The minimum atomic E-state index is -2.92. The average molecular weight is 951 g/mol. The van der Waals surface area contributed by atoms with Crippen molar-refractivity contribution in [2.24, 2.45) is 11.8 Å². The van der Waals surface area contributed by atoms with E-state index in [-0.39, 0.29) is 60.1 Å².